The summed E-state index contributed by atoms with van der Waals surface area (Å²) < 4.78 is 16.8. The third-order valence-corrected chi connectivity index (χ3v) is 11.6. The smallest absolute Gasteiger partial charge is 0.306 e. The molecule has 0 aromatic rings. The topological polar surface area (TPSA) is 78.9 Å². The lowest BCUT2D eigenvalue weighted by molar-refractivity contribution is -0.167. The van der Waals surface area contributed by atoms with Crippen molar-refractivity contribution in [3.8, 4) is 0 Å². The number of hydrogen-bond acceptors (Lipinski definition) is 6. The number of ether oxygens (including phenoxy) is 3. The number of rotatable bonds is 48. The number of unbranched alkanes of at least 4 members (excludes halogenated alkanes) is 30. The minimum absolute atomic E-state index is 0.0861. The van der Waals surface area contributed by atoms with Crippen molar-refractivity contribution >= 4 is 17.9 Å². The largest absolute Gasteiger partial charge is 0.462 e. The molecule has 0 aliphatic heterocycles. The van der Waals surface area contributed by atoms with Gasteiger partial charge in [-0.1, -0.05) is 236 Å². The van der Waals surface area contributed by atoms with E-state index in [2.05, 4.69) is 81.5 Å². The van der Waals surface area contributed by atoms with E-state index >= 15 is 0 Å². The summed E-state index contributed by atoms with van der Waals surface area (Å²) in [6.45, 7) is 6.58. The average Bonchev–Trinajstić information content (AvgIpc) is 3.28. The van der Waals surface area contributed by atoms with Crippen molar-refractivity contribution in [3.05, 3.63) is 60.8 Å². The Bertz CT molecular complexity index is 1150. The fourth-order valence-electron chi connectivity index (χ4n) is 7.49. The molecule has 0 spiro atoms. The van der Waals surface area contributed by atoms with Crippen molar-refractivity contribution in [2.45, 2.75) is 271 Å². The number of allylic oxidation sites excluding steroid dienone is 10. The quantitative estimate of drug-likeness (QED) is 0.0262. The van der Waals surface area contributed by atoms with E-state index < -0.39 is 6.10 Å². The Morgan fingerprint density at radius 1 is 0.317 bits per heavy atom. The van der Waals surface area contributed by atoms with Crippen molar-refractivity contribution < 1.29 is 28.6 Å². The number of carbonyl (C=O) groups excluding carboxylic acids is 3. The van der Waals surface area contributed by atoms with Crippen LogP contribution in [0.25, 0.3) is 0 Å². The molecule has 0 bridgehead atoms. The fraction of sp³-hybridized carbons (Fsp3) is 0.772. The zero-order valence-electron chi connectivity index (χ0n) is 41.6. The maximum atomic E-state index is 12.8. The second-order valence-corrected chi connectivity index (χ2v) is 17.9. The van der Waals surface area contributed by atoms with Crippen LogP contribution in [0.4, 0.5) is 0 Å². The minimum atomic E-state index is -0.788. The molecule has 6 nitrogen and oxygen atoms in total. The van der Waals surface area contributed by atoms with Gasteiger partial charge in [-0.15, -0.1) is 0 Å². The van der Waals surface area contributed by atoms with Crippen molar-refractivity contribution in [2.75, 3.05) is 13.2 Å². The predicted octanol–water partition coefficient (Wildman–Crippen LogP) is 17.6. The molecule has 0 aromatic carbocycles. The van der Waals surface area contributed by atoms with Gasteiger partial charge in [-0.2, -0.15) is 0 Å². The Balaban J connectivity index is 4.38. The van der Waals surface area contributed by atoms with E-state index in [4.69, 9.17) is 14.2 Å². The fourth-order valence-corrected chi connectivity index (χ4v) is 7.49. The molecule has 0 radical (unpaired) electrons. The van der Waals surface area contributed by atoms with Crippen molar-refractivity contribution in [3.63, 3.8) is 0 Å². The van der Waals surface area contributed by atoms with Gasteiger partial charge in [0.2, 0.25) is 0 Å². The molecule has 0 saturated heterocycles. The molecular weight excluding hydrogens is 781 g/mol. The van der Waals surface area contributed by atoms with Crippen LogP contribution in [0, 0.1) is 0 Å². The molecule has 0 aromatic heterocycles. The molecule has 0 heterocycles. The number of esters is 3. The van der Waals surface area contributed by atoms with E-state index in [0.717, 1.165) is 96.3 Å². The first-order chi connectivity index (χ1) is 31.0. The summed E-state index contributed by atoms with van der Waals surface area (Å²) in [5, 5.41) is 0. The molecule has 0 fully saturated rings. The van der Waals surface area contributed by atoms with E-state index in [1.165, 1.54) is 128 Å². The van der Waals surface area contributed by atoms with Crippen LogP contribution >= 0.6 is 0 Å². The molecule has 63 heavy (non-hydrogen) atoms. The summed E-state index contributed by atoms with van der Waals surface area (Å²) in [6, 6.07) is 0. The molecule has 0 rings (SSSR count). The molecule has 0 amide bonds. The maximum absolute atomic E-state index is 12.8. The molecule has 0 N–H and O–H groups in total. The zero-order valence-corrected chi connectivity index (χ0v) is 41.6. The van der Waals surface area contributed by atoms with E-state index in [-0.39, 0.29) is 31.1 Å². The monoisotopic (exact) mass is 881 g/mol. The standard InChI is InChI=1S/C57H100O6/c1-4-7-10-13-16-19-21-23-25-27-29-31-33-35-38-41-44-47-50-56(59)62-53-54(52-61-55(58)49-46-43-40-37-18-15-12-9-6-3)63-57(60)51-48-45-42-39-36-34-32-30-28-26-24-22-20-17-14-11-8-5-2/h21,23,25-32,54H,4-20,22,24,33-53H2,1-3H3/b23-21-,27-25-,28-26-,31-29-,32-30-. The molecule has 1 atom stereocenters. The van der Waals surface area contributed by atoms with Gasteiger partial charge in [0.25, 0.3) is 0 Å². The van der Waals surface area contributed by atoms with Crippen LogP contribution in [0.15, 0.2) is 60.8 Å². The summed E-state index contributed by atoms with van der Waals surface area (Å²) in [5.41, 5.74) is 0. The first-order valence-electron chi connectivity index (χ1n) is 26.8. The van der Waals surface area contributed by atoms with Crippen molar-refractivity contribution in [1.82, 2.24) is 0 Å². The van der Waals surface area contributed by atoms with Gasteiger partial charge < -0.3 is 14.2 Å². The van der Waals surface area contributed by atoms with Gasteiger partial charge in [0.1, 0.15) is 13.2 Å². The van der Waals surface area contributed by atoms with Crippen LogP contribution in [0.2, 0.25) is 0 Å². The van der Waals surface area contributed by atoms with Gasteiger partial charge >= 0.3 is 17.9 Å². The van der Waals surface area contributed by atoms with Crippen molar-refractivity contribution in [2.24, 2.45) is 0 Å². The van der Waals surface area contributed by atoms with Crippen LogP contribution in [-0.2, 0) is 28.6 Å². The van der Waals surface area contributed by atoms with Crippen LogP contribution in [0.1, 0.15) is 265 Å². The summed E-state index contributed by atoms with van der Waals surface area (Å²) in [4.78, 5) is 37.9. The highest BCUT2D eigenvalue weighted by atomic mass is 16.6. The Morgan fingerprint density at radius 2 is 0.571 bits per heavy atom. The number of hydrogen-bond donors (Lipinski definition) is 0. The summed E-state index contributed by atoms with van der Waals surface area (Å²) >= 11 is 0. The molecule has 0 aliphatic carbocycles. The van der Waals surface area contributed by atoms with E-state index in [1.807, 2.05) is 0 Å². The highest BCUT2D eigenvalue weighted by molar-refractivity contribution is 5.71. The van der Waals surface area contributed by atoms with Crippen LogP contribution in [0.5, 0.6) is 0 Å². The Kier molecular flexibility index (Phi) is 49.4. The second-order valence-electron chi connectivity index (χ2n) is 17.9. The summed E-state index contributed by atoms with van der Waals surface area (Å²) in [6.07, 6.45) is 63.5. The van der Waals surface area contributed by atoms with E-state index in [0.29, 0.717) is 19.3 Å². The summed E-state index contributed by atoms with van der Waals surface area (Å²) in [7, 11) is 0. The molecule has 0 saturated carbocycles. The molecular formula is C57H100O6. The highest BCUT2D eigenvalue weighted by Gasteiger charge is 2.19. The van der Waals surface area contributed by atoms with Gasteiger partial charge in [-0.3, -0.25) is 14.4 Å². The first-order valence-corrected chi connectivity index (χ1v) is 26.8. The van der Waals surface area contributed by atoms with Gasteiger partial charge in [-0.25, -0.2) is 0 Å². The molecule has 1 unspecified atom stereocenters. The second kappa shape index (κ2) is 51.7. The minimum Gasteiger partial charge on any atom is -0.462 e. The van der Waals surface area contributed by atoms with Crippen LogP contribution < -0.4 is 0 Å². The molecule has 364 valence electrons. The Labute approximate surface area is 390 Å². The van der Waals surface area contributed by atoms with Gasteiger partial charge in [-0.05, 0) is 70.6 Å². The van der Waals surface area contributed by atoms with Gasteiger partial charge in [0.15, 0.2) is 6.10 Å². The first kappa shape index (κ1) is 60.1. The maximum Gasteiger partial charge on any atom is 0.306 e. The lowest BCUT2D eigenvalue weighted by atomic mass is 10.1. The lowest BCUT2D eigenvalue weighted by Gasteiger charge is -2.18. The van der Waals surface area contributed by atoms with Crippen LogP contribution in [-0.4, -0.2) is 37.2 Å². The van der Waals surface area contributed by atoms with E-state index in [1.54, 1.807) is 0 Å². The lowest BCUT2D eigenvalue weighted by Crippen LogP contribution is -2.30. The Morgan fingerprint density at radius 3 is 0.889 bits per heavy atom. The zero-order chi connectivity index (χ0) is 45.8. The SMILES string of the molecule is CCCCCCC\C=C/C=C\C=C/CCCCCCCC(=O)OCC(COC(=O)CCCCCCCCCCC)OC(=O)CCCCCCC/C=C\C=C/CCCCCCCCC. The normalized spacial score (nSPS) is 12.5. The van der Waals surface area contributed by atoms with Crippen molar-refractivity contribution in [1.29, 1.82) is 0 Å². The Hall–Kier alpha value is -2.89. The average molecular weight is 881 g/mol. The van der Waals surface area contributed by atoms with Crippen LogP contribution in [0.3, 0.4) is 0 Å². The highest BCUT2D eigenvalue weighted by Crippen LogP contribution is 2.14. The molecule has 6 heteroatoms. The third-order valence-electron chi connectivity index (χ3n) is 11.6. The van der Waals surface area contributed by atoms with E-state index in [9.17, 15) is 14.4 Å². The predicted molar refractivity (Wildman–Crippen MR) is 270 cm³/mol. The molecule has 0 aliphatic rings. The van der Waals surface area contributed by atoms with Gasteiger partial charge in [0, 0.05) is 19.3 Å². The third kappa shape index (κ3) is 50.0. The number of carbonyl (C=O) groups is 3. The summed E-state index contributed by atoms with van der Waals surface area (Å²) in [5.74, 6) is -0.919. The van der Waals surface area contributed by atoms with Gasteiger partial charge in [0.05, 0.1) is 0 Å².